The van der Waals surface area contributed by atoms with Crippen molar-refractivity contribution in [2.24, 2.45) is 5.92 Å². The molecule has 3 rings (SSSR count). The molecule has 0 amide bonds. The molecule has 13 nitrogen and oxygen atoms in total. The van der Waals surface area contributed by atoms with Crippen LogP contribution in [0.1, 0.15) is 53.9 Å². The average molecular weight is 540 g/mol. The van der Waals surface area contributed by atoms with E-state index in [0.717, 1.165) is 19.3 Å². The van der Waals surface area contributed by atoms with Gasteiger partial charge in [0.1, 0.15) is 30.3 Å². The summed E-state index contributed by atoms with van der Waals surface area (Å²) in [5.41, 5.74) is 6.91. The fraction of sp³-hybridized carbons (Fsp3) is 0.696. The average Bonchev–Trinajstić information content (AvgIpc) is 3.22. The summed E-state index contributed by atoms with van der Waals surface area (Å²) < 4.78 is 32.2. The number of nitrogens with one attached hydrogen (secondary N) is 2. The lowest BCUT2D eigenvalue weighted by atomic mass is 9.96. The quantitative estimate of drug-likeness (QED) is 0.236. The number of nitrogens with two attached hydrogens (primary N) is 1. The standard InChI is InChI=1S/C23H38N7O6P/c1-14(2)35-22(31)15(3)9-28-37(33,29-17(5)23(32)36-18-7-6-8-18)13-34-16(4)10-30-12-27-19-20(24)25-11-26-21(19)30/h11-12,14-18H,6-10,13H2,1-5H3,(H2,24,25,26)(H2,28,29,33)/t15-,16+,17-,37-/m0/s1. The summed E-state index contributed by atoms with van der Waals surface area (Å²) in [6, 6.07) is -0.840. The molecule has 0 saturated heterocycles. The second kappa shape index (κ2) is 12.8. The number of aromatic nitrogens is 4. The van der Waals surface area contributed by atoms with E-state index in [1.54, 1.807) is 38.6 Å². The van der Waals surface area contributed by atoms with Crippen molar-refractivity contribution in [3.05, 3.63) is 12.7 Å². The van der Waals surface area contributed by atoms with Crippen molar-refractivity contribution in [1.29, 1.82) is 0 Å². The Balaban J connectivity index is 1.63. The van der Waals surface area contributed by atoms with Gasteiger partial charge in [0.15, 0.2) is 11.5 Å². The molecule has 4 atom stereocenters. The molecule has 37 heavy (non-hydrogen) atoms. The van der Waals surface area contributed by atoms with Gasteiger partial charge in [0.25, 0.3) is 0 Å². The van der Waals surface area contributed by atoms with Gasteiger partial charge in [0, 0.05) is 6.54 Å². The molecule has 0 spiro atoms. The van der Waals surface area contributed by atoms with E-state index in [9.17, 15) is 14.2 Å². The molecule has 1 fully saturated rings. The number of ether oxygens (including phenoxy) is 3. The maximum Gasteiger partial charge on any atom is 0.323 e. The molecular weight excluding hydrogens is 501 g/mol. The Bertz CT molecular complexity index is 1120. The van der Waals surface area contributed by atoms with Crippen LogP contribution in [0, 0.1) is 5.92 Å². The maximum absolute atomic E-state index is 13.8. The van der Waals surface area contributed by atoms with E-state index in [4.69, 9.17) is 19.9 Å². The van der Waals surface area contributed by atoms with Gasteiger partial charge in [-0.25, -0.2) is 20.0 Å². The number of esters is 2. The minimum Gasteiger partial charge on any atom is -0.463 e. The van der Waals surface area contributed by atoms with Gasteiger partial charge in [0.2, 0.25) is 7.44 Å². The smallest absolute Gasteiger partial charge is 0.323 e. The monoisotopic (exact) mass is 539 g/mol. The second-order valence-electron chi connectivity index (χ2n) is 9.76. The molecule has 206 valence electrons. The zero-order valence-electron chi connectivity index (χ0n) is 22.0. The molecule has 4 N–H and O–H groups in total. The van der Waals surface area contributed by atoms with Crippen molar-refractivity contribution in [1.82, 2.24) is 29.7 Å². The van der Waals surface area contributed by atoms with Crippen molar-refractivity contribution in [2.75, 3.05) is 18.6 Å². The van der Waals surface area contributed by atoms with E-state index in [-0.39, 0.29) is 30.9 Å². The fourth-order valence-corrected chi connectivity index (χ4v) is 5.58. The molecule has 2 heterocycles. The number of nitrogen functional groups attached to an aromatic ring is 1. The van der Waals surface area contributed by atoms with Gasteiger partial charge in [-0.3, -0.25) is 19.2 Å². The van der Waals surface area contributed by atoms with Gasteiger partial charge in [-0.15, -0.1) is 0 Å². The first-order valence-electron chi connectivity index (χ1n) is 12.5. The summed E-state index contributed by atoms with van der Waals surface area (Å²) in [6.07, 6.45) is 4.68. The lowest BCUT2D eigenvalue weighted by Gasteiger charge is -2.29. The third kappa shape index (κ3) is 8.19. The molecule has 14 heteroatoms. The summed E-state index contributed by atoms with van der Waals surface area (Å²) >= 11 is 0. The van der Waals surface area contributed by atoms with Crippen LogP contribution in [0.2, 0.25) is 0 Å². The van der Waals surface area contributed by atoms with Crippen LogP contribution in [0.3, 0.4) is 0 Å². The molecule has 0 bridgehead atoms. The number of nitrogens with zero attached hydrogens (tertiary/aromatic N) is 4. The molecule has 2 aromatic rings. The number of rotatable bonds is 14. The van der Waals surface area contributed by atoms with Crippen molar-refractivity contribution < 1.29 is 28.4 Å². The van der Waals surface area contributed by atoms with Crippen LogP contribution in [0.5, 0.6) is 0 Å². The SMILES string of the molecule is CC(C)OC(=O)[C@@H](C)CN[P@@](=O)(CO[C@H](C)Cn1cnc2c(N)ncnc21)N[C@@H](C)C(=O)OC1CCC1. The van der Waals surface area contributed by atoms with Gasteiger partial charge in [-0.1, -0.05) is 6.92 Å². The van der Waals surface area contributed by atoms with E-state index < -0.39 is 37.4 Å². The number of carbonyl (C=O) groups excluding carboxylic acids is 2. The van der Waals surface area contributed by atoms with E-state index in [2.05, 4.69) is 25.1 Å². The predicted octanol–water partition coefficient (Wildman–Crippen LogP) is 2.22. The molecule has 0 unspecified atom stereocenters. The normalized spacial score (nSPS) is 18.1. The Kier molecular flexibility index (Phi) is 10.00. The van der Waals surface area contributed by atoms with Crippen molar-refractivity contribution in [2.45, 2.75) is 84.8 Å². The highest BCUT2D eigenvalue weighted by atomic mass is 31.2. The van der Waals surface area contributed by atoms with Crippen LogP contribution in [-0.4, -0.2) is 68.7 Å². The van der Waals surface area contributed by atoms with Crippen LogP contribution >= 0.6 is 7.44 Å². The zero-order valence-corrected chi connectivity index (χ0v) is 22.9. The van der Waals surface area contributed by atoms with Crippen LogP contribution in [0.4, 0.5) is 5.82 Å². The largest absolute Gasteiger partial charge is 0.463 e. The number of imidazole rings is 1. The van der Waals surface area contributed by atoms with Crippen molar-refractivity contribution in [3.63, 3.8) is 0 Å². The topological polar surface area (TPSA) is 173 Å². The zero-order chi connectivity index (χ0) is 27.2. The molecule has 2 aromatic heterocycles. The Hall–Kier alpha value is -2.60. The Morgan fingerprint density at radius 1 is 1.16 bits per heavy atom. The summed E-state index contributed by atoms with van der Waals surface area (Å²) in [4.78, 5) is 37.1. The van der Waals surface area contributed by atoms with Gasteiger partial charge in [0.05, 0.1) is 31.0 Å². The van der Waals surface area contributed by atoms with Crippen LogP contribution in [-0.2, 0) is 34.9 Å². The highest BCUT2D eigenvalue weighted by Crippen LogP contribution is 2.38. The van der Waals surface area contributed by atoms with E-state index in [0.29, 0.717) is 17.7 Å². The summed E-state index contributed by atoms with van der Waals surface area (Å²) in [6.45, 7) is 9.05. The Morgan fingerprint density at radius 2 is 1.89 bits per heavy atom. The second-order valence-corrected chi connectivity index (χ2v) is 12.1. The number of carbonyl (C=O) groups is 2. The highest BCUT2D eigenvalue weighted by Gasteiger charge is 2.32. The van der Waals surface area contributed by atoms with Gasteiger partial charge >= 0.3 is 11.9 Å². The maximum atomic E-state index is 13.8. The fourth-order valence-electron chi connectivity index (χ4n) is 3.56. The molecule has 0 radical (unpaired) electrons. The Morgan fingerprint density at radius 3 is 2.54 bits per heavy atom. The van der Waals surface area contributed by atoms with Gasteiger partial charge < -0.3 is 24.5 Å². The first-order valence-corrected chi connectivity index (χ1v) is 14.4. The molecule has 0 aromatic carbocycles. The minimum atomic E-state index is -3.49. The summed E-state index contributed by atoms with van der Waals surface area (Å²) in [7, 11) is -3.49. The Labute approximate surface area is 216 Å². The first-order chi connectivity index (χ1) is 17.5. The van der Waals surface area contributed by atoms with Gasteiger partial charge in [-0.2, -0.15) is 0 Å². The number of hydrogen-bond donors (Lipinski definition) is 3. The third-order valence-corrected chi connectivity index (χ3v) is 7.93. The summed E-state index contributed by atoms with van der Waals surface area (Å²) in [5.74, 6) is -1.17. The lowest BCUT2D eigenvalue weighted by Crippen LogP contribution is -2.41. The first kappa shape index (κ1) is 29.0. The van der Waals surface area contributed by atoms with Crippen molar-refractivity contribution in [3.8, 4) is 0 Å². The van der Waals surface area contributed by atoms with Crippen LogP contribution in [0.25, 0.3) is 11.2 Å². The number of hydrogen-bond acceptors (Lipinski definition) is 10. The third-order valence-electron chi connectivity index (χ3n) is 5.92. The molecule has 1 saturated carbocycles. The molecular formula is C23H38N7O6P. The van der Waals surface area contributed by atoms with Gasteiger partial charge in [-0.05, 0) is 47.0 Å². The van der Waals surface area contributed by atoms with E-state index in [1.807, 2.05) is 6.92 Å². The number of fused-ring (bicyclic) bond motifs is 1. The molecule has 0 aliphatic heterocycles. The molecule has 1 aliphatic rings. The minimum absolute atomic E-state index is 0.0698. The highest BCUT2D eigenvalue weighted by molar-refractivity contribution is 7.59. The number of anilines is 1. The predicted molar refractivity (Wildman–Crippen MR) is 137 cm³/mol. The van der Waals surface area contributed by atoms with E-state index >= 15 is 0 Å². The van der Waals surface area contributed by atoms with Crippen LogP contribution < -0.4 is 15.9 Å². The lowest BCUT2D eigenvalue weighted by molar-refractivity contribution is -0.154. The van der Waals surface area contributed by atoms with Crippen LogP contribution in [0.15, 0.2) is 12.7 Å². The molecule has 1 aliphatic carbocycles. The van der Waals surface area contributed by atoms with Crippen molar-refractivity contribution >= 4 is 36.4 Å². The summed E-state index contributed by atoms with van der Waals surface area (Å²) in [5, 5.41) is 5.79. The van der Waals surface area contributed by atoms with E-state index in [1.165, 1.54) is 6.33 Å².